The van der Waals surface area contributed by atoms with Gasteiger partial charge in [-0.1, -0.05) is 12.1 Å². The molecule has 0 unspecified atom stereocenters. The van der Waals surface area contributed by atoms with E-state index in [4.69, 9.17) is 10.2 Å². The lowest BCUT2D eigenvalue weighted by Gasteiger charge is -1.99. The van der Waals surface area contributed by atoms with Crippen LogP contribution in [-0.2, 0) is 0 Å². The van der Waals surface area contributed by atoms with Crippen molar-refractivity contribution in [3.8, 4) is 11.1 Å². The van der Waals surface area contributed by atoms with Crippen molar-refractivity contribution in [2.45, 2.75) is 0 Å². The molecule has 1 aromatic carbocycles. The molecule has 0 bridgehead atoms. The smallest absolute Gasteiger partial charge is 0.248 e. The minimum absolute atomic E-state index is 0.421. The van der Waals surface area contributed by atoms with Gasteiger partial charge in [0, 0.05) is 11.1 Å². The molecule has 2 aromatic rings. The van der Waals surface area contributed by atoms with E-state index in [1.807, 2.05) is 12.1 Å². The van der Waals surface area contributed by atoms with Gasteiger partial charge in [-0.05, 0) is 23.8 Å². The number of nitrogens with two attached hydrogens (primary N) is 1. The maximum atomic E-state index is 10.9. The predicted octanol–water partition coefficient (Wildman–Crippen LogP) is 2.05. The number of rotatable bonds is 2. The highest BCUT2D eigenvalue weighted by molar-refractivity contribution is 5.94. The Morgan fingerprint density at radius 2 is 2.07 bits per heavy atom. The number of primary amides is 1. The lowest BCUT2D eigenvalue weighted by Crippen LogP contribution is -2.10. The Bertz CT molecular complexity index is 446. The fraction of sp³-hybridized carbons (Fsp3) is 0. The van der Waals surface area contributed by atoms with Gasteiger partial charge in [-0.3, -0.25) is 4.79 Å². The molecule has 0 atom stereocenters. The summed E-state index contributed by atoms with van der Waals surface area (Å²) in [7, 11) is 0. The number of carbonyl (C=O) groups is 1. The predicted molar refractivity (Wildman–Crippen MR) is 52.7 cm³/mol. The summed E-state index contributed by atoms with van der Waals surface area (Å²) >= 11 is 0. The first-order valence-electron chi connectivity index (χ1n) is 4.20. The SMILES string of the molecule is NC(=O)c1cccc(-c2ccoc2)c1. The fourth-order valence-corrected chi connectivity index (χ4v) is 1.28. The first-order chi connectivity index (χ1) is 6.77. The van der Waals surface area contributed by atoms with Gasteiger partial charge in [0.05, 0.1) is 12.5 Å². The van der Waals surface area contributed by atoms with Crippen LogP contribution in [0.4, 0.5) is 0 Å². The molecule has 1 heterocycles. The average Bonchev–Trinajstić information content (AvgIpc) is 2.71. The van der Waals surface area contributed by atoms with Crippen LogP contribution in [0.5, 0.6) is 0 Å². The highest BCUT2D eigenvalue weighted by Gasteiger charge is 2.03. The van der Waals surface area contributed by atoms with Crippen molar-refractivity contribution in [1.29, 1.82) is 0 Å². The molecule has 3 nitrogen and oxygen atoms in total. The second-order valence-electron chi connectivity index (χ2n) is 2.96. The summed E-state index contributed by atoms with van der Waals surface area (Å²) in [6.45, 7) is 0. The van der Waals surface area contributed by atoms with Crippen molar-refractivity contribution in [3.63, 3.8) is 0 Å². The standard InChI is InChI=1S/C11H9NO2/c12-11(13)9-3-1-2-8(6-9)10-4-5-14-7-10/h1-7H,(H2,12,13). The molecule has 3 heteroatoms. The molecule has 1 amide bonds. The molecule has 70 valence electrons. The quantitative estimate of drug-likeness (QED) is 0.782. The van der Waals surface area contributed by atoms with Crippen LogP contribution in [0.3, 0.4) is 0 Å². The van der Waals surface area contributed by atoms with Gasteiger partial charge >= 0.3 is 0 Å². The zero-order chi connectivity index (χ0) is 9.97. The molecular formula is C11H9NO2. The first-order valence-corrected chi connectivity index (χ1v) is 4.20. The van der Waals surface area contributed by atoms with Gasteiger partial charge in [-0.2, -0.15) is 0 Å². The molecule has 0 spiro atoms. The highest BCUT2D eigenvalue weighted by atomic mass is 16.3. The first kappa shape index (κ1) is 8.56. The number of benzene rings is 1. The van der Waals surface area contributed by atoms with Gasteiger partial charge in [0.15, 0.2) is 0 Å². The molecule has 14 heavy (non-hydrogen) atoms. The molecular weight excluding hydrogens is 178 g/mol. The normalized spacial score (nSPS) is 10.0. The van der Waals surface area contributed by atoms with Crippen LogP contribution >= 0.6 is 0 Å². The van der Waals surface area contributed by atoms with Crippen LogP contribution in [0.25, 0.3) is 11.1 Å². The summed E-state index contributed by atoms with van der Waals surface area (Å²) in [5.74, 6) is -0.421. The van der Waals surface area contributed by atoms with Crippen LogP contribution in [-0.4, -0.2) is 5.91 Å². The van der Waals surface area contributed by atoms with Gasteiger partial charge in [0.25, 0.3) is 0 Å². The Kier molecular flexibility index (Phi) is 2.07. The van der Waals surface area contributed by atoms with E-state index in [-0.39, 0.29) is 0 Å². The third-order valence-corrected chi connectivity index (χ3v) is 2.00. The Morgan fingerprint density at radius 3 is 2.71 bits per heavy atom. The van der Waals surface area contributed by atoms with E-state index in [0.29, 0.717) is 5.56 Å². The lowest BCUT2D eigenvalue weighted by atomic mass is 10.1. The Morgan fingerprint density at radius 1 is 1.21 bits per heavy atom. The second-order valence-corrected chi connectivity index (χ2v) is 2.96. The van der Waals surface area contributed by atoms with Crippen LogP contribution in [0.1, 0.15) is 10.4 Å². The third kappa shape index (κ3) is 1.52. The Balaban J connectivity index is 2.46. The minimum Gasteiger partial charge on any atom is -0.472 e. The van der Waals surface area contributed by atoms with E-state index < -0.39 is 5.91 Å². The van der Waals surface area contributed by atoms with Crippen LogP contribution in [0.2, 0.25) is 0 Å². The number of furan rings is 1. The molecule has 0 saturated carbocycles. The molecule has 0 aliphatic heterocycles. The number of carbonyl (C=O) groups excluding carboxylic acids is 1. The highest BCUT2D eigenvalue weighted by Crippen LogP contribution is 2.20. The van der Waals surface area contributed by atoms with Crippen molar-refractivity contribution >= 4 is 5.91 Å². The second kappa shape index (κ2) is 3.38. The van der Waals surface area contributed by atoms with Crippen molar-refractivity contribution in [1.82, 2.24) is 0 Å². The number of hydrogen-bond acceptors (Lipinski definition) is 2. The monoisotopic (exact) mass is 187 g/mol. The largest absolute Gasteiger partial charge is 0.472 e. The summed E-state index contributed by atoms with van der Waals surface area (Å²) in [5.41, 5.74) is 7.54. The fourth-order valence-electron chi connectivity index (χ4n) is 1.28. The van der Waals surface area contributed by atoms with Crippen molar-refractivity contribution in [2.24, 2.45) is 5.73 Å². The van der Waals surface area contributed by atoms with Gasteiger partial charge < -0.3 is 10.2 Å². The number of hydrogen-bond donors (Lipinski definition) is 1. The van der Waals surface area contributed by atoms with Gasteiger partial charge in [0.1, 0.15) is 0 Å². The van der Waals surface area contributed by atoms with Gasteiger partial charge in [-0.15, -0.1) is 0 Å². The zero-order valence-electron chi connectivity index (χ0n) is 7.44. The average molecular weight is 187 g/mol. The van der Waals surface area contributed by atoms with Gasteiger partial charge in [0.2, 0.25) is 5.91 Å². The van der Waals surface area contributed by atoms with Crippen molar-refractivity contribution in [3.05, 3.63) is 48.4 Å². The molecule has 0 radical (unpaired) electrons. The van der Waals surface area contributed by atoms with E-state index in [1.165, 1.54) is 0 Å². The third-order valence-electron chi connectivity index (χ3n) is 2.00. The van der Waals surface area contributed by atoms with Gasteiger partial charge in [-0.25, -0.2) is 0 Å². The minimum atomic E-state index is -0.421. The summed E-state index contributed by atoms with van der Waals surface area (Å²) in [6, 6.07) is 8.96. The Labute approximate surface area is 81.1 Å². The Hall–Kier alpha value is -2.03. The molecule has 0 aliphatic rings. The van der Waals surface area contributed by atoms with E-state index in [1.54, 1.807) is 30.7 Å². The van der Waals surface area contributed by atoms with E-state index >= 15 is 0 Å². The summed E-state index contributed by atoms with van der Waals surface area (Å²) in [4.78, 5) is 10.9. The summed E-state index contributed by atoms with van der Waals surface area (Å²) < 4.78 is 4.95. The van der Waals surface area contributed by atoms with Crippen LogP contribution < -0.4 is 5.73 Å². The van der Waals surface area contributed by atoms with Crippen molar-refractivity contribution in [2.75, 3.05) is 0 Å². The molecule has 0 saturated heterocycles. The number of amides is 1. The van der Waals surface area contributed by atoms with E-state index in [2.05, 4.69) is 0 Å². The maximum absolute atomic E-state index is 10.9. The lowest BCUT2D eigenvalue weighted by molar-refractivity contribution is 0.100. The molecule has 0 aliphatic carbocycles. The summed E-state index contributed by atoms with van der Waals surface area (Å²) in [5, 5.41) is 0. The zero-order valence-corrected chi connectivity index (χ0v) is 7.44. The van der Waals surface area contributed by atoms with Crippen LogP contribution in [0.15, 0.2) is 47.3 Å². The molecule has 2 rings (SSSR count). The molecule has 1 aromatic heterocycles. The van der Waals surface area contributed by atoms with Crippen LogP contribution in [0, 0.1) is 0 Å². The molecule has 2 N–H and O–H groups in total. The maximum Gasteiger partial charge on any atom is 0.248 e. The van der Waals surface area contributed by atoms with Crippen molar-refractivity contribution < 1.29 is 9.21 Å². The molecule has 0 fully saturated rings. The van der Waals surface area contributed by atoms with E-state index in [9.17, 15) is 4.79 Å². The summed E-state index contributed by atoms with van der Waals surface area (Å²) in [6.07, 6.45) is 3.21. The van der Waals surface area contributed by atoms with E-state index in [0.717, 1.165) is 11.1 Å². The topological polar surface area (TPSA) is 56.2 Å².